The van der Waals surface area contributed by atoms with E-state index in [9.17, 15) is 14.4 Å². The molecule has 132 valence electrons. The fraction of sp³-hybridized carbons (Fsp3) is 0.706. The molecule has 0 aromatic heterocycles. The van der Waals surface area contributed by atoms with Crippen molar-refractivity contribution in [2.45, 2.75) is 45.1 Å². The van der Waals surface area contributed by atoms with Crippen molar-refractivity contribution in [2.75, 3.05) is 43.0 Å². The lowest BCUT2D eigenvalue weighted by Gasteiger charge is -2.35. The van der Waals surface area contributed by atoms with Gasteiger partial charge in [-0.15, -0.1) is 0 Å². The molecule has 7 heteroatoms. The van der Waals surface area contributed by atoms with Crippen molar-refractivity contribution in [1.82, 2.24) is 4.90 Å². The van der Waals surface area contributed by atoms with Crippen molar-refractivity contribution in [3.63, 3.8) is 0 Å². The third kappa shape index (κ3) is 3.25. The van der Waals surface area contributed by atoms with Gasteiger partial charge in [0.25, 0.3) is 10.9 Å². The Morgan fingerprint density at radius 3 is 2.38 bits per heavy atom. The Hall–Kier alpha value is -2.05. The number of anilines is 2. The smallest absolute Gasteiger partial charge is 0.409 e. The van der Waals surface area contributed by atoms with Crippen LogP contribution in [0.3, 0.4) is 0 Å². The Bertz CT molecular complexity index is 651. The van der Waals surface area contributed by atoms with Crippen molar-refractivity contribution >= 4 is 17.5 Å². The number of likely N-dealkylation sites (tertiary alicyclic amines) is 1. The van der Waals surface area contributed by atoms with Gasteiger partial charge in [0, 0.05) is 32.2 Å². The molecule has 2 aliphatic heterocycles. The normalized spacial score (nSPS) is 19.5. The van der Waals surface area contributed by atoms with Crippen LogP contribution in [0.1, 0.15) is 39.0 Å². The fourth-order valence-electron chi connectivity index (χ4n) is 3.56. The monoisotopic (exact) mass is 335 g/mol. The molecule has 2 saturated heterocycles. The van der Waals surface area contributed by atoms with Gasteiger partial charge in [0.05, 0.1) is 6.61 Å². The van der Waals surface area contributed by atoms with Gasteiger partial charge in [-0.2, -0.15) is 0 Å². The summed E-state index contributed by atoms with van der Waals surface area (Å²) in [4.78, 5) is 39.4. The van der Waals surface area contributed by atoms with Crippen LogP contribution in [0.2, 0.25) is 0 Å². The molecule has 2 heterocycles. The molecule has 0 radical (unpaired) electrons. The lowest BCUT2D eigenvalue weighted by atomic mass is 10.0. The standard InChI is InChI=1S/C17H25N3O4/c1-2-24-17(23)20-10-6-12(7-11-20)18-13-14(16(22)15(13)21)19-8-4-3-5-9-19/h12,18H,2-11H2,1H3. The van der Waals surface area contributed by atoms with Crippen LogP contribution in [0, 0.1) is 0 Å². The molecule has 0 saturated carbocycles. The van der Waals surface area contributed by atoms with Gasteiger partial charge in [-0.05, 0) is 39.0 Å². The molecule has 1 aromatic rings. The molecule has 0 bridgehead atoms. The minimum atomic E-state index is -0.400. The van der Waals surface area contributed by atoms with Crippen LogP contribution >= 0.6 is 0 Å². The number of hydrogen-bond donors (Lipinski definition) is 1. The van der Waals surface area contributed by atoms with E-state index >= 15 is 0 Å². The molecular formula is C17H25N3O4. The Morgan fingerprint density at radius 1 is 1.08 bits per heavy atom. The van der Waals surface area contributed by atoms with Gasteiger partial charge in [0.1, 0.15) is 11.4 Å². The van der Waals surface area contributed by atoms with Gasteiger partial charge in [-0.3, -0.25) is 9.59 Å². The van der Waals surface area contributed by atoms with Gasteiger partial charge in [-0.25, -0.2) is 4.79 Å². The molecule has 1 N–H and O–H groups in total. The molecule has 7 nitrogen and oxygen atoms in total. The van der Waals surface area contributed by atoms with E-state index in [1.807, 2.05) is 4.90 Å². The zero-order chi connectivity index (χ0) is 17.1. The maximum atomic E-state index is 12.0. The van der Waals surface area contributed by atoms with Crippen LogP contribution in [-0.4, -0.2) is 49.8 Å². The molecule has 0 unspecified atom stereocenters. The van der Waals surface area contributed by atoms with Crippen LogP contribution in [-0.2, 0) is 4.74 Å². The SMILES string of the molecule is CCOC(=O)N1CCC(Nc2c(N3CCCCC3)c(=O)c2=O)CC1. The Morgan fingerprint density at radius 2 is 1.75 bits per heavy atom. The summed E-state index contributed by atoms with van der Waals surface area (Å²) in [5.41, 5.74) is 0.302. The average Bonchev–Trinajstić information content (AvgIpc) is 2.62. The molecule has 0 atom stereocenters. The summed E-state index contributed by atoms with van der Waals surface area (Å²) in [6, 6.07) is 0.113. The molecule has 2 fully saturated rings. The minimum Gasteiger partial charge on any atom is -0.450 e. The maximum absolute atomic E-state index is 12.0. The highest BCUT2D eigenvalue weighted by atomic mass is 16.6. The molecule has 0 spiro atoms. The Kier molecular flexibility index (Phi) is 5.06. The first-order valence-electron chi connectivity index (χ1n) is 8.88. The van der Waals surface area contributed by atoms with E-state index in [-0.39, 0.29) is 17.6 Å². The zero-order valence-electron chi connectivity index (χ0n) is 14.2. The highest BCUT2D eigenvalue weighted by molar-refractivity contribution is 5.75. The summed E-state index contributed by atoms with van der Waals surface area (Å²) in [7, 11) is 0. The summed E-state index contributed by atoms with van der Waals surface area (Å²) in [5, 5.41) is 3.26. The summed E-state index contributed by atoms with van der Waals surface area (Å²) >= 11 is 0. The second-order valence-corrected chi connectivity index (χ2v) is 6.53. The van der Waals surface area contributed by atoms with E-state index in [2.05, 4.69) is 5.32 Å². The molecular weight excluding hydrogens is 310 g/mol. The second kappa shape index (κ2) is 7.23. The number of carbonyl (C=O) groups excluding carboxylic acids is 1. The second-order valence-electron chi connectivity index (χ2n) is 6.53. The van der Waals surface area contributed by atoms with Crippen molar-refractivity contribution in [3.8, 4) is 0 Å². The molecule has 24 heavy (non-hydrogen) atoms. The summed E-state index contributed by atoms with van der Waals surface area (Å²) < 4.78 is 5.01. The van der Waals surface area contributed by atoms with Gasteiger partial charge in [-0.1, -0.05) is 0 Å². The maximum Gasteiger partial charge on any atom is 0.409 e. The Labute approximate surface area is 141 Å². The number of piperidine rings is 2. The lowest BCUT2D eigenvalue weighted by Crippen LogP contribution is -2.48. The van der Waals surface area contributed by atoms with Crippen LogP contribution in [0.4, 0.5) is 16.2 Å². The van der Waals surface area contributed by atoms with Gasteiger partial charge >= 0.3 is 6.09 Å². The predicted octanol–water partition coefficient (Wildman–Crippen LogP) is 1.31. The number of rotatable bonds is 4. The third-order valence-electron chi connectivity index (χ3n) is 4.93. The van der Waals surface area contributed by atoms with Gasteiger partial charge in [0.2, 0.25) is 0 Å². The minimum absolute atomic E-state index is 0.113. The van der Waals surface area contributed by atoms with Gasteiger partial charge < -0.3 is 19.9 Å². The van der Waals surface area contributed by atoms with Crippen molar-refractivity contribution in [2.24, 2.45) is 0 Å². The summed E-state index contributed by atoms with van der Waals surface area (Å²) in [6.45, 7) is 5.07. The number of amides is 1. The van der Waals surface area contributed by atoms with E-state index < -0.39 is 5.43 Å². The number of nitrogens with zero attached hydrogens (tertiary/aromatic N) is 2. The lowest BCUT2D eigenvalue weighted by molar-refractivity contribution is 0.0983. The van der Waals surface area contributed by atoms with E-state index in [4.69, 9.17) is 4.74 Å². The highest BCUT2D eigenvalue weighted by Crippen LogP contribution is 2.26. The Balaban J connectivity index is 1.60. The quantitative estimate of drug-likeness (QED) is 0.836. The van der Waals surface area contributed by atoms with Crippen LogP contribution < -0.4 is 21.1 Å². The first kappa shape index (κ1) is 16.8. The molecule has 3 rings (SSSR count). The van der Waals surface area contributed by atoms with E-state index in [1.165, 1.54) is 6.42 Å². The van der Waals surface area contributed by atoms with Crippen molar-refractivity contribution in [3.05, 3.63) is 20.4 Å². The molecule has 1 aromatic carbocycles. The number of nitrogens with one attached hydrogen (secondary N) is 1. The number of carbonyl (C=O) groups is 1. The zero-order valence-corrected chi connectivity index (χ0v) is 14.2. The predicted molar refractivity (Wildman–Crippen MR) is 92.7 cm³/mol. The largest absolute Gasteiger partial charge is 0.450 e. The van der Waals surface area contributed by atoms with Crippen LogP contribution in [0.25, 0.3) is 0 Å². The first-order valence-corrected chi connectivity index (χ1v) is 8.88. The van der Waals surface area contributed by atoms with Crippen LogP contribution in [0.15, 0.2) is 9.59 Å². The fourth-order valence-corrected chi connectivity index (χ4v) is 3.56. The summed E-state index contributed by atoms with van der Waals surface area (Å²) in [6.07, 6.45) is 4.53. The van der Waals surface area contributed by atoms with E-state index in [0.29, 0.717) is 31.1 Å². The summed E-state index contributed by atoms with van der Waals surface area (Å²) in [5.74, 6) is 0. The van der Waals surface area contributed by atoms with E-state index in [1.54, 1.807) is 11.8 Å². The van der Waals surface area contributed by atoms with Crippen molar-refractivity contribution in [1.29, 1.82) is 0 Å². The molecule has 1 amide bonds. The molecule has 2 aliphatic rings. The third-order valence-corrected chi connectivity index (χ3v) is 4.93. The number of ether oxygens (including phenoxy) is 1. The highest BCUT2D eigenvalue weighted by Gasteiger charge is 2.30. The van der Waals surface area contributed by atoms with Gasteiger partial charge in [0.15, 0.2) is 0 Å². The molecule has 0 aliphatic carbocycles. The van der Waals surface area contributed by atoms with Crippen LogP contribution in [0.5, 0.6) is 0 Å². The first-order chi connectivity index (χ1) is 11.6. The van der Waals surface area contributed by atoms with E-state index in [0.717, 1.165) is 38.8 Å². The average molecular weight is 335 g/mol. The van der Waals surface area contributed by atoms with Crippen molar-refractivity contribution < 1.29 is 9.53 Å². The number of hydrogen-bond acceptors (Lipinski definition) is 6. The topological polar surface area (TPSA) is 79.0 Å².